The Balaban J connectivity index is 0.00000182. The number of nitrogens with zero attached hydrogens (tertiary/aromatic N) is 1. The van der Waals surface area contributed by atoms with Gasteiger partial charge in [0.2, 0.25) is 0 Å². The minimum absolute atomic E-state index is 0. The molecule has 0 amide bonds. The van der Waals surface area contributed by atoms with Crippen LogP contribution in [-0.4, -0.2) is 20.1 Å². The number of sulfonamides is 1. The average molecular weight is 398 g/mol. The summed E-state index contributed by atoms with van der Waals surface area (Å²) in [5.41, 5.74) is 2.97. The van der Waals surface area contributed by atoms with E-state index in [1.807, 2.05) is 18.2 Å². The topological polar surface area (TPSA) is 84.2 Å². The van der Waals surface area contributed by atoms with Gasteiger partial charge < -0.3 is 9.84 Å². The summed E-state index contributed by atoms with van der Waals surface area (Å²) < 4.78 is 33.1. The van der Waals surface area contributed by atoms with E-state index in [4.69, 9.17) is 4.52 Å². The largest absolute Gasteiger partial charge is 0.355 e. The van der Waals surface area contributed by atoms with Crippen molar-refractivity contribution in [1.29, 1.82) is 0 Å². The Kier molecular flexibility index (Phi) is 5.14. The molecule has 25 heavy (non-hydrogen) atoms. The molecule has 0 saturated carbocycles. The van der Waals surface area contributed by atoms with Gasteiger partial charge in [0, 0.05) is 18.3 Å². The molecule has 0 aliphatic carbocycles. The molecule has 0 atom stereocenters. The number of anilines is 1. The first-order valence-electron chi connectivity index (χ1n) is 7.48. The number of benzene rings is 1. The molecule has 3 heterocycles. The van der Waals surface area contributed by atoms with Gasteiger partial charge in [0.1, 0.15) is 4.21 Å². The number of rotatable bonds is 4. The van der Waals surface area contributed by atoms with Gasteiger partial charge in [-0.3, -0.25) is 4.72 Å². The molecule has 0 bridgehead atoms. The van der Waals surface area contributed by atoms with Crippen molar-refractivity contribution in [3.05, 3.63) is 53.7 Å². The van der Waals surface area contributed by atoms with E-state index >= 15 is 0 Å². The summed E-state index contributed by atoms with van der Waals surface area (Å²) in [7, 11) is -3.62. The molecule has 2 N–H and O–H groups in total. The van der Waals surface area contributed by atoms with Crippen LogP contribution in [0.1, 0.15) is 11.1 Å². The van der Waals surface area contributed by atoms with Crippen LogP contribution in [0.4, 0.5) is 5.69 Å². The summed E-state index contributed by atoms with van der Waals surface area (Å²) in [5.74, 6) is 0.557. The van der Waals surface area contributed by atoms with Gasteiger partial charge in [-0.05, 0) is 48.4 Å². The highest BCUT2D eigenvalue weighted by atomic mass is 35.5. The maximum atomic E-state index is 12.6. The highest BCUT2D eigenvalue weighted by molar-refractivity contribution is 7.94. The second kappa shape index (κ2) is 7.17. The third kappa shape index (κ3) is 3.72. The second-order valence-corrected chi connectivity index (χ2v) is 8.50. The third-order valence-corrected chi connectivity index (χ3v) is 6.84. The predicted molar refractivity (Wildman–Crippen MR) is 99.7 cm³/mol. The van der Waals surface area contributed by atoms with Crippen molar-refractivity contribution in [1.82, 2.24) is 10.5 Å². The fraction of sp³-hybridized carbons (Fsp3) is 0.188. The van der Waals surface area contributed by atoms with E-state index < -0.39 is 10.0 Å². The molecule has 2 aromatic heterocycles. The molecule has 1 aromatic carbocycles. The van der Waals surface area contributed by atoms with E-state index in [0.717, 1.165) is 41.3 Å². The van der Waals surface area contributed by atoms with E-state index in [1.54, 1.807) is 18.2 Å². The summed E-state index contributed by atoms with van der Waals surface area (Å²) in [4.78, 5) is 0.725. The summed E-state index contributed by atoms with van der Waals surface area (Å²) in [6.45, 7) is 1.72. The molecule has 9 heteroatoms. The molecule has 1 aliphatic heterocycles. The molecule has 0 spiro atoms. The van der Waals surface area contributed by atoms with E-state index in [1.165, 1.54) is 11.8 Å². The molecule has 1 aliphatic rings. The number of nitrogens with one attached hydrogen (secondary N) is 2. The maximum Gasteiger partial charge on any atom is 0.271 e. The first-order chi connectivity index (χ1) is 11.6. The van der Waals surface area contributed by atoms with E-state index in [2.05, 4.69) is 15.2 Å². The Labute approximate surface area is 155 Å². The molecule has 0 radical (unpaired) electrons. The van der Waals surface area contributed by atoms with E-state index in [-0.39, 0.29) is 16.6 Å². The van der Waals surface area contributed by atoms with Crippen molar-refractivity contribution in [2.75, 3.05) is 11.3 Å². The lowest BCUT2D eigenvalue weighted by atomic mass is 10.0. The van der Waals surface area contributed by atoms with Crippen LogP contribution in [0.3, 0.4) is 0 Å². The Bertz CT molecular complexity index is 968. The van der Waals surface area contributed by atoms with Crippen LogP contribution in [0, 0.1) is 0 Å². The van der Waals surface area contributed by atoms with Gasteiger partial charge in [0.25, 0.3) is 10.0 Å². The van der Waals surface area contributed by atoms with Crippen molar-refractivity contribution in [2.45, 2.75) is 17.2 Å². The summed E-state index contributed by atoms with van der Waals surface area (Å²) in [6.07, 6.45) is 2.50. The van der Waals surface area contributed by atoms with E-state index in [9.17, 15) is 8.42 Å². The van der Waals surface area contributed by atoms with Crippen LogP contribution >= 0.6 is 23.7 Å². The van der Waals surface area contributed by atoms with Gasteiger partial charge in [0.15, 0.2) is 5.76 Å². The van der Waals surface area contributed by atoms with Crippen molar-refractivity contribution >= 4 is 39.5 Å². The molecule has 0 saturated heterocycles. The third-order valence-electron chi connectivity index (χ3n) is 3.87. The van der Waals surface area contributed by atoms with Crippen molar-refractivity contribution in [3.63, 3.8) is 0 Å². The minimum Gasteiger partial charge on any atom is -0.355 e. The van der Waals surface area contributed by atoms with Crippen LogP contribution in [-0.2, 0) is 23.0 Å². The predicted octanol–water partition coefficient (Wildman–Crippen LogP) is 3.27. The lowest BCUT2D eigenvalue weighted by molar-refractivity contribution is 0.433. The Morgan fingerprint density at radius 3 is 2.84 bits per heavy atom. The first kappa shape index (κ1) is 17.9. The average Bonchev–Trinajstić information content (AvgIpc) is 3.25. The standard InChI is InChI=1S/C16H15N3O3S2.ClH/c20-24(21,16-4-3-15(23-16)14-6-8-18-22-14)19-13-2-1-11-5-7-17-10-12(11)9-13;/h1-4,6,8-9,17,19H,5,7,10H2;1H. The number of thiophene rings is 1. The summed E-state index contributed by atoms with van der Waals surface area (Å²) in [6, 6.07) is 10.7. The molecular formula is C16H16ClN3O3S2. The number of hydrogen-bond donors (Lipinski definition) is 2. The molecule has 6 nitrogen and oxygen atoms in total. The van der Waals surface area contributed by atoms with Gasteiger partial charge in [-0.1, -0.05) is 11.2 Å². The van der Waals surface area contributed by atoms with Gasteiger partial charge in [-0.2, -0.15) is 0 Å². The Morgan fingerprint density at radius 2 is 2.04 bits per heavy atom. The number of hydrogen-bond acceptors (Lipinski definition) is 6. The fourth-order valence-electron chi connectivity index (χ4n) is 2.69. The van der Waals surface area contributed by atoms with Crippen molar-refractivity contribution in [3.8, 4) is 10.6 Å². The molecule has 132 valence electrons. The van der Waals surface area contributed by atoms with Crippen LogP contribution in [0.15, 0.2) is 51.3 Å². The zero-order valence-electron chi connectivity index (χ0n) is 13.1. The summed E-state index contributed by atoms with van der Waals surface area (Å²) >= 11 is 1.15. The zero-order chi connectivity index (χ0) is 16.6. The van der Waals surface area contributed by atoms with Crippen LogP contribution in [0.2, 0.25) is 0 Å². The van der Waals surface area contributed by atoms with Gasteiger partial charge in [0.05, 0.1) is 11.1 Å². The maximum absolute atomic E-state index is 12.6. The normalized spacial score (nSPS) is 13.8. The van der Waals surface area contributed by atoms with Crippen molar-refractivity contribution < 1.29 is 12.9 Å². The van der Waals surface area contributed by atoms with Gasteiger partial charge in [-0.25, -0.2) is 8.42 Å². The second-order valence-electron chi connectivity index (χ2n) is 5.51. The summed E-state index contributed by atoms with van der Waals surface area (Å²) in [5, 5.41) is 6.93. The lowest BCUT2D eigenvalue weighted by Crippen LogP contribution is -2.23. The van der Waals surface area contributed by atoms with Crippen LogP contribution in [0.5, 0.6) is 0 Å². The molecule has 4 rings (SSSR count). The van der Waals surface area contributed by atoms with E-state index in [0.29, 0.717) is 11.4 Å². The highest BCUT2D eigenvalue weighted by Gasteiger charge is 2.19. The van der Waals surface area contributed by atoms with Crippen LogP contribution in [0.25, 0.3) is 10.6 Å². The Morgan fingerprint density at radius 1 is 1.16 bits per heavy atom. The Hall–Kier alpha value is -1.87. The van der Waals surface area contributed by atoms with Gasteiger partial charge in [-0.15, -0.1) is 23.7 Å². The number of halogens is 1. The highest BCUT2D eigenvalue weighted by Crippen LogP contribution is 2.31. The smallest absolute Gasteiger partial charge is 0.271 e. The molecular weight excluding hydrogens is 382 g/mol. The fourth-order valence-corrected chi connectivity index (χ4v) is 5.00. The van der Waals surface area contributed by atoms with Crippen LogP contribution < -0.4 is 10.0 Å². The monoisotopic (exact) mass is 397 g/mol. The SMILES string of the molecule is Cl.O=S(=O)(Nc1ccc2c(c1)CNCC2)c1ccc(-c2ccno2)s1. The van der Waals surface area contributed by atoms with Crippen molar-refractivity contribution in [2.24, 2.45) is 0 Å². The first-order valence-corrected chi connectivity index (χ1v) is 9.78. The lowest BCUT2D eigenvalue weighted by Gasteiger charge is -2.18. The quantitative estimate of drug-likeness (QED) is 0.705. The zero-order valence-corrected chi connectivity index (χ0v) is 15.5. The minimum atomic E-state index is -3.62. The molecule has 0 unspecified atom stereocenters. The van der Waals surface area contributed by atoms with Gasteiger partial charge >= 0.3 is 0 Å². The molecule has 3 aromatic rings. The molecule has 0 fully saturated rings. The number of fused-ring (bicyclic) bond motifs is 1. The number of aromatic nitrogens is 1.